The average Bonchev–Trinajstić information content (AvgIpc) is 3.12. The smallest absolute Gasteiger partial charge is 0.253 e. The third-order valence-corrected chi connectivity index (χ3v) is 6.56. The zero-order chi connectivity index (χ0) is 22.2. The molecule has 4 rings (SSSR count). The Morgan fingerprint density at radius 1 is 0.906 bits per heavy atom. The molecule has 0 bridgehead atoms. The number of ether oxygens (including phenoxy) is 1. The second-order valence-electron chi connectivity index (χ2n) is 8.90. The van der Waals surface area contributed by atoms with Gasteiger partial charge in [-0.3, -0.25) is 14.6 Å². The first-order valence-electron chi connectivity index (χ1n) is 11.9. The lowest BCUT2D eigenvalue weighted by atomic mass is 10.0. The molecule has 0 atom stereocenters. The van der Waals surface area contributed by atoms with Gasteiger partial charge in [-0.05, 0) is 54.7 Å². The molecular weight excluding hydrogens is 402 g/mol. The Morgan fingerprint density at radius 2 is 1.59 bits per heavy atom. The van der Waals surface area contributed by atoms with Crippen molar-refractivity contribution in [2.45, 2.75) is 44.9 Å². The molecule has 1 saturated heterocycles. The molecule has 0 N–H and O–H groups in total. The first kappa shape index (κ1) is 22.3. The van der Waals surface area contributed by atoms with Crippen molar-refractivity contribution in [3.63, 3.8) is 0 Å². The Balaban J connectivity index is 1.23. The Bertz CT molecular complexity index is 869. The van der Waals surface area contributed by atoms with Gasteiger partial charge in [0.2, 0.25) is 5.91 Å². The lowest BCUT2D eigenvalue weighted by Crippen LogP contribution is -2.51. The van der Waals surface area contributed by atoms with Gasteiger partial charge < -0.3 is 14.5 Å². The van der Waals surface area contributed by atoms with Crippen LogP contribution >= 0.6 is 0 Å². The molecule has 1 aliphatic carbocycles. The molecule has 6 heteroatoms. The fourth-order valence-electron chi connectivity index (χ4n) is 4.57. The van der Waals surface area contributed by atoms with Crippen LogP contribution < -0.4 is 4.74 Å². The van der Waals surface area contributed by atoms with E-state index in [1.807, 2.05) is 46.2 Å². The van der Waals surface area contributed by atoms with Crippen LogP contribution in [0.1, 0.15) is 54.4 Å². The fourth-order valence-corrected chi connectivity index (χ4v) is 4.57. The molecule has 1 saturated carbocycles. The highest BCUT2D eigenvalue weighted by atomic mass is 16.5. The van der Waals surface area contributed by atoms with Gasteiger partial charge in [-0.1, -0.05) is 31.7 Å². The van der Waals surface area contributed by atoms with Gasteiger partial charge in [0.05, 0.1) is 13.0 Å². The average molecular weight is 436 g/mol. The van der Waals surface area contributed by atoms with E-state index < -0.39 is 0 Å². The molecule has 2 heterocycles. The minimum Gasteiger partial charge on any atom is -0.493 e. The fraction of sp³-hybridized carbons (Fsp3) is 0.500. The number of piperazine rings is 1. The zero-order valence-corrected chi connectivity index (χ0v) is 18.7. The van der Waals surface area contributed by atoms with Crippen molar-refractivity contribution >= 4 is 11.8 Å². The molecule has 0 radical (unpaired) electrons. The summed E-state index contributed by atoms with van der Waals surface area (Å²) in [7, 11) is 0. The summed E-state index contributed by atoms with van der Waals surface area (Å²) in [4.78, 5) is 33.1. The number of amides is 2. The Kier molecular flexibility index (Phi) is 7.75. The summed E-state index contributed by atoms with van der Waals surface area (Å²) in [6, 6.07) is 11.3. The van der Waals surface area contributed by atoms with Gasteiger partial charge in [0.1, 0.15) is 5.75 Å². The number of benzene rings is 1. The number of aromatic nitrogens is 1. The van der Waals surface area contributed by atoms with Crippen LogP contribution in [0, 0.1) is 5.92 Å². The summed E-state index contributed by atoms with van der Waals surface area (Å²) in [5.41, 5.74) is 1.58. The number of rotatable bonds is 6. The molecule has 1 aromatic carbocycles. The number of carbonyl (C=O) groups excluding carboxylic acids is 2. The van der Waals surface area contributed by atoms with E-state index in [4.69, 9.17) is 4.74 Å². The molecule has 170 valence electrons. The predicted octanol–water partition coefficient (Wildman–Crippen LogP) is 3.96. The molecule has 1 aliphatic heterocycles. The molecule has 2 aromatic rings. The van der Waals surface area contributed by atoms with Crippen LogP contribution in [-0.2, 0) is 11.2 Å². The van der Waals surface area contributed by atoms with Crippen molar-refractivity contribution in [2.24, 2.45) is 5.92 Å². The van der Waals surface area contributed by atoms with Crippen LogP contribution in [0.4, 0.5) is 0 Å². The van der Waals surface area contributed by atoms with Crippen LogP contribution in [-0.4, -0.2) is 59.4 Å². The Morgan fingerprint density at radius 3 is 2.25 bits per heavy atom. The van der Waals surface area contributed by atoms with Gasteiger partial charge >= 0.3 is 0 Å². The van der Waals surface area contributed by atoms with Crippen molar-refractivity contribution in [3.05, 3.63) is 59.9 Å². The molecule has 32 heavy (non-hydrogen) atoms. The lowest BCUT2D eigenvalue weighted by molar-refractivity contribution is -0.131. The zero-order valence-electron chi connectivity index (χ0n) is 18.7. The summed E-state index contributed by atoms with van der Waals surface area (Å²) in [5, 5.41) is 0. The highest BCUT2D eigenvalue weighted by Gasteiger charge is 2.25. The molecule has 1 aromatic heterocycles. The van der Waals surface area contributed by atoms with E-state index in [-0.39, 0.29) is 11.8 Å². The van der Waals surface area contributed by atoms with Crippen molar-refractivity contribution in [2.75, 3.05) is 32.8 Å². The van der Waals surface area contributed by atoms with E-state index in [0.29, 0.717) is 44.1 Å². The first-order chi connectivity index (χ1) is 15.7. The molecule has 6 nitrogen and oxygen atoms in total. The van der Waals surface area contributed by atoms with Crippen molar-refractivity contribution < 1.29 is 14.3 Å². The maximum Gasteiger partial charge on any atom is 0.253 e. The topological polar surface area (TPSA) is 62.7 Å². The summed E-state index contributed by atoms with van der Waals surface area (Å²) >= 11 is 0. The van der Waals surface area contributed by atoms with E-state index >= 15 is 0 Å². The largest absolute Gasteiger partial charge is 0.493 e. The van der Waals surface area contributed by atoms with Gasteiger partial charge in [-0.2, -0.15) is 0 Å². The second-order valence-corrected chi connectivity index (χ2v) is 8.90. The first-order valence-corrected chi connectivity index (χ1v) is 11.9. The monoisotopic (exact) mass is 435 g/mol. The minimum atomic E-state index is 0.0136. The second kappa shape index (κ2) is 11.1. The van der Waals surface area contributed by atoms with E-state index in [2.05, 4.69) is 4.98 Å². The van der Waals surface area contributed by atoms with Crippen LogP contribution in [0.25, 0.3) is 0 Å². The van der Waals surface area contributed by atoms with Gasteiger partial charge in [0, 0.05) is 44.1 Å². The molecule has 2 fully saturated rings. The number of hydrogen-bond acceptors (Lipinski definition) is 4. The Labute approximate surface area is 190 Å². The third-order valence-electron chi connectivity index (χ3n) is 6.56. The molecule has 2 amide bonds. The number of hydrogen-bond donors (Lipinski definition) is 0. The highest BCUT2D eigenvalue weighted by Crippen LogP contribution is 2.24. The summed E-state index contributed by atoms with van der Waals surface area (Å²) in [6.45, 7) is 3.00. The number of pyridine rings is 1. The number of nitrogens with zero attached hydrogens (tertiary/aromatic N) is 3. The molecule has 2 aliphatic rings. The quantitative estimate of drug-likeness (QED) is 0.645. The van der Waals surface area contributed by atoms with Crippen LogP contribution in [0.2, 0.25) is 0 Å². The van der Waals surface area contributed by atoms with E-state index in [0.717, 1.165) is 17.9 Å². The van der Waals surface area contributed by atoms with Crippen molar-refractivity contribution in [1.82, 2.24) is 14.8 Å². The summed E-state index contributed by atoms with van der Waals surface area (Å²) in [5.74, 6) is 1.58. The van der Waals surface area contributed by atoms with E-state index in [9.17, 15) is 9.59 Å². The van der Waals surface area contributed by atoms with Gasteiger partial charge in [0.25, 0.3) is 5.91 Å². The Hall–Kier alpha value is -2.89. The van der Waals surface area contributed by atoms with Crippen molar-refractivity contribution in [1.29, 1.82) is 0 Å². The molecule has 0 unspecified atom stereocenters. The molecular formula is C26H33N3O3. The van der Waals surface area contributed by atoms with Crippen molar-refractivity contribution in [3.8, 4) is 5.75 Å². The maximum atomic E-state index is 12.9. The predicted molar refractivity (Wildman–Crippen MR) is 124 cm³/mol. The van der Waals surface area contributed by atoms with Gasteiger partial charge in [0.15, 0.2) is 0 Å². The van der Waals surface area contributed by atoms with E-state index in [1.165, 1.54) is 38.5 Å². The highest BCUT2D eigenvalue weighted by molar-refractivity contribution is 5.94. The summed E-state index contributed by atoms with van der Waals surface area (Å²) < 4.78 is 6.00. The van der Waals surface area contributed by atoms with Gasteiger partial charge in [-0.15, -0.1) is 0 Å². The molecule has 0 spiro atoms. The van der Waals surface area contributed by atoms with Crippen LogP contribution in [0.3, 0.4) is 0 Å². The normalized spacial score (nSPS) is 17.6. The number of carbonyl (C=O) groups is 2. The van der Waals surface area contributed by atoms with Crippen LogP contribution in [0.15, 0.2) is 48.8 Å². The minimum absolute atomic E-state index is 0.0136. The standard InChI is InChI=1S/C26H33N3O3/c30-25(18-22-8-5-13-27-19-22)28-14-16-29(17-15-28)26(31)23-9-11-24(12-10-23)32-20-21-6-3-1-2-4-7-21/h5,8-13,19,21H,1-4,6-7,14-18,20H2. The maximum absolute atomic E-state index is 12.9. The van der Waals surface area contributed by atoms with Gasteiger partial charge in [-0.25, -0.2) is 0 Å². The third kappa shape index (κ3) is 6.09. The summed E-state index contributed by atoms with van der Waals surface area (Å²) in [6.07, 6.45) is 11.6. The van der Waals surface area contributed by atoms with Crippen LogP contribution in [0.5, 0.6) is 5.75 Å². The lowest BCUT2D eigenvalue weighted by Gasteiger charge is -2.35. The SMILES string of the molecule is O=C(Cc1cccnc1)N1CCN(C(=O)c2ccc(OCC3CCCCCC3)cc2)CC1. The van der Waals surface area contributed by atoms with E-state index in [1.54, 1.807) is 12.4 Å².